The summed E-state index contributed by atoms with van der Waals surface area (Å²) in [4.78, 5) is 13.5. The van der Waals surface area contributed by atoms with Gasteiger partial charge in [0.1, 0.15) is 0 Å². The SMILES string of the molecule is O=C(NCCCS(=O)(=O)Cc1ccccc1)c1occc1CSc1ccccc1. The van der Waals surface area contributed by atoms with E-state index < -0.39 is 9.84 Å². The first-order valence-electron chi connectivity index (χ1n) is 9.30. The highest BCUT2D eigenvalue weighted by atomic mass is 32.2. The number of rotatable bonds is 10. The third kappa shape index (κ3) is 6.80. The minimum atomic E-state index is -3.21. The lowest BCUT2D eigenvalue weighted by atomic mass is 10.2. The van der Waals surface area contributed by atoms with Crippen LogP contribution in [0.15, 0.2) is 82.3 Å². The third-order valence-electron chi connectivity index (χ3n) is 4.24. The van der Waals surface area contributed by atoms with Crippen molar-refractivity contribution in [3.8, 4) is 0 Å². The van der Waals surface area contributed by atoms with Gasteiger partial charge in [-0.2, -0.15) is 0 Å². The number of sulfone groups is 1. The summed E-state index contributed by atoms with van der Waals surface area (Å²) < 4.78 is 29.8. The van der Waals surface area contributed by atoms with Gasteiger partial charge in [-0.3, -0.25) is 4.79 Å². The number of carbonyl (C=O) groups excluding carboxylic acids is 1. The van der Waals surface area contributed by atoms with Crippen LogP contribution in [0.3, 0.4) is 0 Å². The lowest BCUT2D eigenvalue weighted by Crippen LogP contribution is -2.26. The molecule has 0 fully saturated rings. The number of hydrogen-bond donors (Lipinski definition) is 1. The van der Waals surface area contributed by atoms with Crippen molar-refractivity contribution in [1.29, 1.82) is 0 Å². The molecule has 29 heavy (non-hydrogen) atoms. The van der Waals surface area contributed by atoms with Gasteiger partial charge in [0.25, 0.3) is 5.91 Å². The van der Waals surface area contributed by atoms with E-state index in [4.69, 9.17) is 4.42 Å². The molecule has 1 heterocycles. The maximum atomic E-state index is 12.4. The van der Waals surface area contributed by atoms with Crippen molar-refractivity contribution in [2.24, 2.45) is 0 Å². The number of amides is 1. The Labute approximate surface area is 175 Å². The molecule has 152 valence electrons. The van der Waals surface area contributed by atoms with Gasteiger partial charge in [0, 0.05) is 22.8 Å². The van der Waals surface area contributed by atoms with E-state index in [1.54, 1.807) is 30.0 Å². The van der Waals surface area contributed by atoms with Gasteiger partial charge in [-0.25, -0.2) is 8.42 Å². The molecular weight excluding hydrogens is 406 g/mol. The number of thioether (sulfide) groups is 1. The van der Waals surface area contributed by atoms with Crippen LogP contribution in [0.2, 0.25) is 0 Å². The van der Waals surface area contributed by atoms with Gasteiger partial charge < -0.3 is 9.73 Å². The van der Waals surface area contributed by atoms with Crippen LogP contribution >= 0.6 is 11.8 Å². The molecule has 0 bridgehead atoms. The van der Waals surface area contributed by atoms with Crippen molar-refractivity contribution in [2.45, 2.75) is 22.8 Å². The Kier molecular flexibility index (Phi) is 7.55. The zero-order valence-corrected chi connectivity index (χ0v) is 17.5. The topological polar surface area (TPSA) is 76.4 Å². The normalized spacial score (nSPS) is 11.3. The smallest absolute Gasteiger partial charge is 0.287 e. The lowest BCUT2D eigenvalue weighted by molar-refractivity contribution is 0.0925. The first-order chi connectivity index (χ1) is 14.0. The molecule has 5 nitrogen and oxygen atoms in total. The fourth-order valence-corrected chi connectivity index (χ4v) is 5.13. The summed E-state index contributed by atoms with van der Waals surface area (Å²) in [6, 6.07) is 20.8. The summed E-state index contributed by atoms with van der Waals surface area (Å²) in [6.07, 6.45) is 1.86. The van der Waals surface area contributed by atoms with E-state index in [2.05, 4.69) is 5.32 Å². The summed E-state index contributed by atoms with van der Waals surface area (Å²) in [5.41, 5.74) is 1.58. The van der Waals surface area contributed by atoms with E-state index >= 15 is 0 Å². The van der Waals surface area contributed by atoms with Crippen molar-refractivity contribution in [2.75, 3.05) is 12.3 Å². The Bertz CT molecular complexity index is 1020. The van der Waals surface area contributed by atoms with E-state index in [1.165, 1.54) is 6.26 Å². The van der Waals surface area contributed by atoms with Crippen LogP contribution in [-0.4, -0.2) is 26.6 Å². The summed E-state index contributed by atoms with van der Waals surface area (Å²) in [6.45, 7) is 0.277. The lowest BCUT2D eigenvalue weighted by Gasteiger charge is -2.07. The molecule has 0 spiro atoms. The molecule has 0 aliphatic rings. The summed E-state index contributed by atoms with van der Waals surface area (Å²) in [5, 5.41) is 2.75. The van der Waals surface area contributed by atoms with E-state index in [9.17, 15) is 13.2 Å². The van der Waals surface area contributed by atoms with Crippen LogP contribution < -0.4 is 5.32 Å². The van der Waals surface area contributed by atoms with E-state index in [1.807, 2.05) is 48.5 Å². The molecule has 0 saturated heterocycles. The maximum absolute atomic E-state index is 12.4. The van der Waals surface area contributed by atoms with Crippen molar-refractivity contribution >= 4 is 27.5 Å². The van der Waals surface area contributed by atoms with Gasteiger partial charge in [0.15, 0.2) is 15.6 Å². The second kappa shape index (κ2) is 10.3. The van der Waals surface area contributed by atoms with E-state index in [0.29, 0.717) is 12.2 Å². The second-order valence-corrected chi connectivity index (χ2v) is 9.80. The minimum Gasteiger partial charge on any atom is -0.459 e. The summed E-state index contributed by atoms with van der Waals surface area (Å²) >= 11 is 1.62. The zero-order chi connectivity index (χ0) is 20.5. The Balaban J connectivity index is 1.45. The molecule has 0 saturated carbocycles. The van der Waals surface area contributed by atoms with Gasteiger partial charge in [-0.15, -0.1) is 11.8 Å². The molecule has 0 atom stereocenters. The number of nitrogens with one attached hydrogen (secondary N) is 1. The van der Waals surface area contributed by atoms with Crippen LogP contribution in [0.1, 0.15) is 28.1 Å². The first kappa shape index (κ1) is 21.2. The van der Waals surface area contributed by atoms with Crippen molar-refractivity contribution in [3.05, 3.63) is 89.9 Å². The summed E-state index contributed by atoms with van der Waals surface area (Å²) in [5.74, 6) is 0.617. The predicted molar refractivity (Wildman–Crippen MR) is 116 cm³/mol. The number of hydrogen-bond acceptors (Lipinski definition) is 5. The Morgan fingerprint density at radius 3 is 2.38 bits per heavy atom. The number of benzene rings is 2. The molecule has 1 N–H and O–H groups in total. The largest absolute Gasteiger partial charge is 0.459 e. The van der Waals surface area contributed by atoms with Gasteiger partial charge >= 0.3 is 0 Å². The van der Waals surface area contributed by atoms with Gasteiger partial charge in [-0.1, -0.05) is 48.5 Å². The Morgan fingerprint density at radius 1 is 0.966 bits per heavy atom. The molecule has 7 heteroatoms. The number of furan rings is 1. The molecule has 1 amide bonds. The van der Waals surface area contributed by atoms with Gasteiger partial charge in [0.05, 0.1) is 17.8 Å². The fraction of sp³-hybridized carbons (Fsp3) is 0.227. The van der Waals surface area contributed by atoms with Crippen molar-refractivity contribution in [1.82, 2.24) is 5.32 Å². The number of carbonyl (C=O) groups is 1. The molecular formula is C22H23NO4S2. The molecule has 0 aliphatic carbocycles. The minimum absolute atomic E-state index is 0.0147. The molecule has 3 aromatic rings. The predicted octanol–water partition coefficient (Wildman–Crippen LogP) is 4.31. The van der Waals surface area contributed by atoms with Gasteiger partial charge in [-0.05, 0) is 30.2 Å². The quantitative estimate of drug-likeness (QED) is 0.384. The average molecular weight is 430 g/mol. The van der Waals surface area contributed by atoms with E-state index in [-0.39, 0.29) is 29.7 Å². The molecule has 0 radical (unpaired) electrons. The molecule has 0 unspecified atom stereocenters. The summed E-state index contributed by atoms with van der Waals surface area (Å²) in [7, 11) is -3.21. The third-order valence-corrected chi connectivity index (χ3v) is 6.98. The van der Waals surface area contributed by atoms with Gasteiger partial charge in [0.2, 0.25) is 0 Å². The van der Waals surface area contributed by atoms with Crippen molar-refractivity contribution < 1.29 is 17.6 Å². The molecule has 3 rings (SSSR count). The van der Waals surface area contributed by atoms with Crippen molar-refractivity contribution in [3.63, 3.8) is 0 Å². The van der Waals surface area contributed by atoms with Crippen LogP contribution in [0.5, 0.6) is 0 Å². The highest BCUT2D eigenvalue weighted by Gasteiger charge is 2.16. The molecule has 2 aromatic carbocycles. The monoisotopic (exact) mass is 429 g/mol. The Hall–Kier alpha value is -2.51. The highest BCUT2D eigenvalue weighted by molar-refractivity contribution is 7.98. The first-order valence-corrected chi connectivity index (χ1v) is 12.1. The van der Waals surface area contributed by atoms with Crippen LogP contribution in [0.4, 0.5) is 0 Å². The maximum Gasteiger partial charge on any atom is 0.287 e. The van der Waals surface area contributed by atoms with E-state index in [0.717, 1.165) is 16.0 Å². The molecule has 0 aliphatic heterocycles. The highest BCUT2D eigenvalue weighted by Crippen LogP contribution is 2.24. The zero-order valence-electron chi connectivity index (χ0n) is 15.9. The van der Waals surface area contributed by atoms with Crippen LogP contribution in [0.25, 0.3) is 0 Å². The van der Waals surface area contributed by atoms with Crippen LogP contribution in [0, 0.1) is 0 Å². The second-order valence-electron chi connectivity index (χ2n) is 6.56. The standard InChI is InChI=1S/C22H23NO4S2/c24-22(21-19(12-14-27-21)16-28-20-10-5-2-6-11-20)23-13-7-15-29(25,26)17-18-8-3-1-4-9-18/h1-6,8-12,14H,7,13,15-17H2,(H,23,24). The fourth-order valence-electron chi connectivity index (χ4n) is 2.80. The van der Waals surface area contributed by atoms with Crippen LogP contribution in [-0.2, 0) is 21.3 Å². The molecule has 1 aromatic heterocycles. The Morgan fingerprint density at radius 2 is 1.66 bits per heavy atom. The average Bonchev–Trinajstić information content (AvgIpc) is 3.19.